The molecule has 1 N–H and O–H groups in total. The molecule has 1 aromatic heterocycles. The van der Waals surface area contributed by atoms with Gasteiger partial charge in [0, 0.05) is 28.8 Å². The highest BCUT2D eigenvalue weighted by Gasteiger charge is 2.12. The largest absolute Gasteiger partial charge is 0.326 e. The van der Waals surface area contributed by atoms with Crippen LogP contribution in [0.4, 0.5) is 11.4 Å². The van der Waals surface area contributed by atoms with Crippen molar-refractivity contribution in [1.82, 2.24) is 4.98 Å². The summed E-state index contributed by atoms with van der Waals surface area (Å²) in [6, 6.07) is 13.9. The minimum atomic E-state index is -0.438. The van der Waals surface area contributed by atoms with Gasteiger partial charge in [0.2, 0.25) is 5.91 Å². The molecule has 0 aliphatic rings. The maximum Gasteiger partial charge on any atom is 0.270 e. The Kier molecular flexibility index (Phi) is 4.85. The van der Waals surface area contributed by atoms with E-state index in [4.69, 9.17) is 0 Å². The molecule has 3 aromatic rings. The molecule has 0 unspecified atom stereocenters. The highest BCUT2D eigenvalue weighted by molar-refractivity contribution is 7.10. The van der Waals surface area contributed by atoms with Gasteiger partial charge < -0.3 is 5.32 Å². The van der Waals surface area contributed by atoms with Crippen molar-refractivity contribution in [3.8, 4) is 11.3 Å². The minimum absolute atomic E-state index is 0.0178. The number of non-ortho nitro benzene ring substituents is 1. The number of carbonyl (C=O) groups excluding carboxylic acids is 1. The van der Waals surface area contributed by atoms with Crippen LogP contribution in [0.25, 0.3) is 11.3 Å². The van der Waals surface area contributed by atoms with Crippen molar-refractivity contribution < 1.29 is 9.72 Å². The molecular formula is C18H15N3O3S. The fourth-order valence-corrected chi connectivity index (χ4v) is 3.17. The van der Waals surface area contributed by atoms with E-state index in [9.17, 15) is 14.9 Å². The van der Waals surface area contributed by atoms with E-state index in [0.717, 1.165) is 11.3 Å². The van der Waals surface area contributed by atoms with Crippen molar-refractivity contribution in [2.24, 2.45) is 0 Å². The Morgan fingerprint density at radius 3 is 2.80 bits per heavy atom. The second-order valence-corrected chi connectivity index (χ2v) is 6.47. The van der Waals surface area contributed by atoms with E-state index >= 15 is 0 Å². The lowest BCUT2D eigenvalue weighted by molar-refractivity contribution is -0.384. The van der Waals surface area contributed by atoms with Gasteiger partial charge in [-0.3, -0.25) is 14.9 Å². The molecule has 1 heterocycles. The summed E-state index contributed by atoms with van der Waals surface area (Å²) in [4.78, 5) is 27.0. The Hall–Kier alpha value is -3.06. The van der Waals surface area contributed by atoms with Crippen molar-refractivity contribution in [2.75, 3.05) is 5.32 Å². The smallest absolute Gasteiger partial charge is 0.270 e. The van der Waals surface area contributed by atoms with E-state index in [1.807, 2.05) is 31.2 Å². The van der Waals surface area contributed by atoms with E-state index in [0.29, 0.717) is 16.3 Å². The van der Waals surface area contributed by atoms with E-state index in [2.05, 4.69) is 10.3 Å². The molecule has 0 atom stereocenters. The lowest BCUT2D eigenvalue weighted by Crippen LogP contribution is -2.14. The number of nitro benzene ring substituents is 1. The zero-order valence-electron chi connectivity index (χ0n) is 13.4. The number of aryl methyl sites for hydroxylation is 1. The second-order valence-electron chi connectivity index (χ2n) is 5.53. The second kappa shape index (κ2) is 7.23. The standard InChI is InChI=1S/C18H15N3O3S/c1-12-4-2-6-14(8-12)19-17(22)10-18-20-16(11-25-18)13-5-3-7-15(9-13)21(23)24/h2-9,11H,10H2,1H3,(H,19,22). The molecule has 0 saturated carbocycles. The molecule has 126 valence electrons. The van der Waals surface area contributed by atoms with Crippen molar-refractivity contribution in [3.63, 3.8) is 0 Å². The maximum atomic E-state index is 12.1. The number of hydrogen-bond acceptors (Lipinski definition) is 5. The van der Waals surface area contributed by atoms with Crippen molar-refractivity contribution in [1.29, 1.82) is 0 Å². The quantitative estimate of drug-likeness (QED) is 0.550. The zero-order chi connectivity index (χ0) is 17.8. The lowest BCUT2D eigenvalue weighted by atomic mass is 10.1. The highest BCUT2D eigenvalue weighted by atomic mass is 32.1. The summed E-state index contributed by atoms with van der Waals surface area (Å²) in [5.41, 5.74) is 3.13. The van der Waals surface area contributed by atoms with Gasteiger partial charge in [0.1, 0.15) is 5.01 Å². The van der Waals surface area contributed by atoms with Crippen molar-refractivity contribution in [3.05, 3.63) is 74.6 Å². The van der Waals surface area contributed by atoms with E-state index in [-0.39, 0.29) is 18.0 Å². The van der Waals surface area contributed by atoms with Gasteiger partial charge in [-0.25, -0.2) is 4.98 Å². The topological polar surface area (TPSA) is 85.1 Å². The first kappa shape index (κ1) is 16.8. The first-order valence-corrected chi connectivity index (χ1v) is 8.45. The van der Waals surface area contributed by atoms with Crippen LogP contribution in [0.3, 0.4) is 0 Å². The Labute approximate surface area is 148 Å². The van der Waals surface area contributed by atoms with Gasteiger partial charge in [-0.1, -0.05) is 24.3 Å². The van der Waals surface area contributed by atoms with Crippen LogP contribution >= 0.6 is 11.3 Å². The normalized spacial score (nSPS) is 10.4. The predicted molar refractivity (Wildman–Crippen MR) is 97.7 cm³/mol. The van der Waals surface area contributed by atoms with E-state index in [1.165, 1.54) is 23.5 Å². The summed E-state index contributed by atoms with van der Waals surface area (Å²) in [7, 11) is 0. The molecule has 0 saturated heterocycles. The van der Waals surface area contributed by atoms with Crippen molar-refractivity contribution >= 4 is 28.6 Å². The molecule has 0 fully saturated rings. The van der Waals surface area contributed by atoms with Crippen LogP contribution in [-0.2, 0) is 11.2 Å². The fourth-order valence-electron chi connectivity index (χ4n) is 2.37. The molecule has 0 spiro atoms. The van der Waals surface area contributed by atoms with Gasteiger partial charge in [0.05, 0.1) is 17.0 Å². The lowest BCUT2D eigenvalue weighted by Gasteiger charge is -2.04. The molecule has 0 aliphatic heterocycles. The Balaban J connectivity index is 1.70. The number of thiazole rings is 1. The van der Waals surface area contributed by atoms with Crippen LogP contribution in [-0.4, -0.2) is 15.8 Å². The number of nitro groups is 1. The molecule has 0 radical (unpaired) electrons. The third kappa shape index (κ3) is 4.27. The average Bonchev–Trinajstić information content (AvgIpc) is 3.03. The number of aromatic nitrogens is 1. The number of amides is 1. The number of benzene rings is 2. The Morgan fingerprint density at radius 2 is 2.04 bits per heavy atom. The summed E-state index contributed by atoms with van der Waals surface area (Å²) < 4.78 is 0. The molecule has 3 rings (SSSR count). The Morgan fingerprint density at radius 1 is 1.24 bits per heavy atom. The predicted octanol–water partition coefficient (Wildman–Crippen LogP) is 4.21. The molecule has 25 heavy (non-hydrogen) atoms. The summed E-state index contributed by atoms with van der Waals surface area (Å²) in [5.74, 6) is -0.148. The molecule has 2 aromatic carbocycles. The molecule has 6 nitrogen and oxygen atoms in total. The van der Waals surface area contributed by atoms with Gasteiger partial charge >= 0.3 is 0 Å². The van der Waals surface area contributed by atoms with Crippen LogP contribution in [0, 0.1) is 17.0 Å². The summed E-state index contributed by atoms with van der Waals surface area (Å²) in [5, 5.41) is 16.2. The number of nitrogens with one attached hydrogen (secondary N) is 1. The van der Waals surface area contributed by atoms with Crippen LogP contribution in [0.2, 0.25) is 0 Å². The number of rotatable bonds is 5. The number of carbonyl (C=O) groups is 1. The Bertz CT molecular complexity index is 937. The summed E-state index contributed by atoms with van der Waals surface area (Å²) in [6.45, 7) is 1.96. The first-order valence-electron chi connectivity index (χ1n) is 7.57. The summed E-state index contributed by atoms with van der Waals surface area (Å²) >= 11 is 1.36. The van der Waals surface area contributed by atoms with E-state index in [1.54, 1.807) is 17.5 Å². The SMILES string of the molecule is Cc1cccc(NC(=O)Cc2nc(-c3cccc([N+](=O)[O-])c3)cs2)c1. The number of nitrogens with zero attached hydrogens (tertiary/aromatic N) is 2. The number of hydrogen-bond donors (Lipinski definition) is 1. The third-order valence-corrected chi connectivity index (χ3v) is 4.37. The van der Waals surface area contributed by atoms with Crippen molar-refractivity contribution in [2.45, 2.75) is 13.3 Å². The molecular weight excluding hydrogens is 338 g/mol. The van der Waals surface area contributed by atoms with Crippen LogP contribution in [0.5, 0.6) is 0 Å². The summed E-state index contributed by atoms with van der Waals surface area (Å²) in [6.07, 6.45) is 0.160. The fraction of sp³-hybridized carbons (Fsp3) is 0.111. The van der Waals surface area contributed by atoms with E-state index < -0.39 is 4.92 Å². The number of anilines is 1. The molecule has 0 aliphatic carbocycles. The van der Waals surface area contributed by atoms with Gasteiger partial charge in [-0.15, -0.1) is 11.3 Å². The van der Waals surface area contributed by atoms with Gasteiger partial charge in [0.25, 0.3) is 5.69 Å². The monoisotopic (exact) mass is 353 g/mol. The third-order valence-electron chi connectivity index (χ3n) is 3.52. The van der Waals surface area contributed by atoms with Crippen LogP contribution < -0.4 is 5.32 Å². The zero-order valence-corrected chi connectivity index (χ0v) is 14.2. The average molecular weight is 353 g/mol. The molecule has 0 bridgehead atoms. The van der Waals surface area contributed by atoms with Gasteiger partial charge in [-0.2, -0.15) is 0 Å². The van der Waals surface area contributed by atoms with Crippen LogP contribution in [0.1, 0.15) is 10.6 Å². The molecule has 7 heteroatoms. The van der Waals surface area contributed by atoms with Gasteiger partial charge in [0.15, 0.2) is 0 Å². The first-order chi connectivity index (χ1) is 12.0. The maximum absolute atomic E-state index is 12.1. The van der Waals surface area contributed by atoms with Gasteiger partial charge in [-0.05, 0) is 24.6 Å². The molecule has 1 amide bonds. The minimum Gasteiger partial charge on any atom is -0.326 e. The highest BCUT2D eigenvalue weighted by Crippen LogP contribution is 2.25. The van der Waals surface area contributed by atoms with Crippen LogP contribution in [0.15, 0.2) is 53.9 Å².